The highest BCUT2D eigenvalue weighted by molar-refractivity contribution is 9.10. The summed E-state index contributed by atoms with van der Waals surface area (Å²) < 4.78 is 29.7. The van der Waals surface area contributed by atoms with E-state index in [-0.39, 0.29) is 23.4 Å². The first-order valence-electron chi connectivity index (χ1n) is 13.8. The van der Waals surface area contributed by atoms with Gasteiger partial charge in [0.1, 0.15) is 12.6 Å². The van der Waals surface area contributed by atoms with Gasteiger partial charge in [0.05, 0.1) is 10.6 Å². The van der Waals surface area contributed by atoms with Crippen LogP contribution in [0.1, 0.15) is 50.2 Å². The van der Waals surface area contributed by atoms with Crippen LogP contribution < -0.4 is 9.62 Å². The van der Waals surface area contributed by atoms with Crippen LogP contribution in [-0.2, 0) is 26.2 Å². The summed E-state index contributed by atoms with van der Waals surface area (Å²) in [6, 6.07) is 19.7. The maximum Gasteiger partial charge on any atom is 0.264 e. The Morgan fingerprint density at radius 2 is 1.68 bits per heavy atom. The van der Waals surface area contributed by atoms with E-state index in [0.29, 0.717) is 21.6 Å². The summed E-state index contributed by atoms with van der Waals surface area (Å²) in [7, 11) is -4.12. The second-order valence-electron chi connectivity index (χ2n) is 10.4. The minimum atomic E-state index is -4.12. The topological polar surface area (TPSA) is 86.8 Å². The van der Waals surface area contributed by atoms with Crippen molar-refractivity contribution in [1.29, 1.82) is 0 Å². The van der Waals surface area contributed by atoms with Crippen LogP contribution >= 0.6 is 27.5 Å². The molecule has 0 spiro atoms. The molecule has 3 aromatic carbocycles. The van der Waals surface area contributed by atoms with Crippen molar-refractivity contribution in [3.8, 4) is 0 Å². The third-order valence-corrected chi connectivity index (χ3v) is 9.87. The Balaban J connectivity index is 1.71. The van der Waals surface area contributed by atoms with Gasteiger partial charge in [-0.2, -0.15) is 0 Å². The molecule has 10 heteroatoms. The molecule has 0 radical (unpaired) electrons. The van der Waals surface area contributed by atoms with E-state index in [1.807, 2.05) is 13.8 Å². The number of hydrogen-bond donors (Lipinski definition) is 1. The monoisotopic (exact) mass is 659 g/mol. The largest absolute Gasteiger partial charge is 0.352 e. The number of carbonyl (C=O) groups excluding carboxylic acids is 2. The van der Waals surface area contributed by atoms with Gasteiger partial charge in [-0.05, 0) is 74.2 Å². The van der Waals surface area contributed by atoms with Gasteiger partial charge in [-0.25, -0.2) is 8.42 Å². The van der Waals surface area contributed by atoms with E-state index in [0.717, 1.165) is 41.1 Å². The molecule has 0 saturated heterocycles. The van der Waals surface area contributed by atoms with Gasteiger partial charge >= 0.3 is 0 Å². The van der Waals surface area contributed by atoms with Crippen molar-refractivity contribution in [2.24, 2.45) is 0 Å². The molecule has 1 saturated carbocycles. The van der Waals surface area contributed by atoms with E-state index in [2.05, 4.69) is 21.2 Å². The molecular weight excluding hydrogens is 626 g/mol. The predicted molar refractivity (Wildman–Crippen MR) is 166 cm³/mol. The number of hydrogen-bond acceptors (Lipinski definition) is 4. The molecule has 218 valence electrons. The molecule has 1 aliphatic rings. The van der Waals surface area contributed by atoms with E-state index in [4.69, 9.17) is 11.6 Å². The molecule has 7 nitrogen and oxygen atoms in total. The molecule has 1 fully saturated rings. The molecule has 0 unspecified atom stereocenters. The van der Waals surface area contributed by atoms with Crippen LogP contribution in [0.25, 0.3) is 0 Å². The van der Waals surface area contributed by atoms with Crippen LogP contribution in [0, 0.1) is 6.92 Å². The molecule has 1 N–H and O–H groups in total. The number of carbonyl (C=O) groups is 2. The van der Waals surface area contributed by atoms with E-state index >= 15 is 0 Å². The van der Waals surface area contributed by atoms with Gasteiger partial charge in [-0.1, -0.05) is 83.2 Å². The Morgan fingerprint density at radius 1 is 1.02 bits per heavy atom. The Kier molecular flexibility index (Phi) is 10.5. The van der Waals surface area contributed by atoms with Crippen LogP contribution in [0.15, 0.2) is 82.2 Å². The van der Waals surface area contributed by atoms with Gasteiger partial charge in [0.15, 0.2) is 0 Å². The molecule has 0 heterocycles. The summed E-state index contributed by atoms with van der Waals surface area (Å²) in [6.07, 6.45) is 4.33. The fraction of sp³-hybridized carbons (Fsp3) is 0.355. The van der Waals surface area contributed by atoms with E-state index < -0.39 is 28.5 Å². The molecular formula is C31H35BrClN3O4S. The van der Waals surface area contributed by atoms with Crippen LogP contribution in [0.5, 0.6) is 0 Å². The lowest BCUT2D eigenvalue weighted by atomic mass is 10.1. The SMILES string of the molecule is CC[C@@H](C(=O)NC1CCCC1)N(Cc1ccc(Cl)cc1)C(=O)CN(c1cccc(Br)c1)S(=O)(=O)c1ccc(C)cc1. The average molecular weight is 661 g/mol. The maximum atomic E-state index is 14.2. The van der Waals surface area contributed by atoms with Crippen molar-refractivity contribution in [3.05, 3.63) is 93.4 Å². The fourth-order valence-electron chi connectivity index (χ4n) is 5.07. The zero-order valence-electron chi connectivity index (χ0n) is 23.2. The summed E-state index contributed by atoms with van der Waals surface area (Å²) in [5, 5.41) is 3.68. The molecule has 2 amide bonds. The van der Waals surface area contributed by atoms with E-state index in [1.165, 1.54) is 17.0 Å². The van der Waals surface area contributed by atoms with Crippen LogP contribution in [0.4, 0.5) is 5.69 Å². The summed E-state index contributed by atoms with van der Waals surface area (Å²) in [6.45, 7) is 3.38. The van der Waals surface area contributed by atoms with Crippen molar-refractivity contribution in [2.75, 3.05) is 10.8 Å². The second kappa shape index (κ2) is 13.9. The van der Waals surface area contributed by atoms with Crippen molar-refractivity contribution >= 4 is 55.1 Å². The number of rotatable bonds is 11. The summed E-state index contributed by atoms with van der Waals surface area (Å²) in [4.78, 5) is 29.2. The van der Waals surface area contributed by atoms with Crippen LogP contribution in [0.2, 0.25) is 5.02 Å². The number of nitrogens with zero attached hydrogens (tertiary/aromatic N) is 2. The van der Waals surface area contributed by atoms with Crippen molar-refractivity contribution in [2.45, 2.75) is 69.5 Å². The number of anilines is 1. The first kappa shape index (κ1) is 31.1. The van der Waals surface area contributed by atoms with Gasteiger partial charge in [0.25, 0.3) is 10.0 Å². The molecule has 0 aromatic heterocycles. The molecule has 0 bridgehead atoms. The zero-order chi connectivity index (χ0) is 29.6. The number of halogens is 2. The lowest BCUT2D eigenvalue weighted by Crippen LogP contribution is -2.53. The van der Waals surface area contributed by atoms with Crippen molar-refractivity contribution in [1.82, 2.24) is 10.2 Å². The lowest BCUT2D eigenvalue weighted by molar-refractivity contribution is -0.140. The van der Waals surface area contributed by atoms with Gasteiger partial charge in [0.2, 0.25) is 11.8 Å². The Morgan fingerprint density at radius 3 is 2.29 bits per heavy atom. The minimum Gasteiger partial charge on any atom is -0.352 e. The van der Waals surface area contributed by atoms with Crippen LogP contribution in [0.3, 0.4) is 0 Å². The van der Waals surface area contributed by atoms with E-state index in [9.17, 15) is 18.0 Å². The highest BCUT2D eigenvalue weighted by Crippen LogP contribution is 2.28. The fourth-order valence-corrected chi connectivity index (χ4v) is 6.99. The Bertz CT molecular complexity index is 1460. The number of aryl methyl sites for hydroxylation is 1. The average Bonchev–Trinajstić information content (AvgIpc) is 3.45. The summed E-state index contributed by atoms with van der Waals surface area (Å²) in [5.41, 5.74) is 2.04. The van der Waals surface area contributed by atoms with E-state index in [1.54, 1.807) is 60.7 Å². The number of benzene rings is 3. The third-order valence-electron chi connectivity index (χ3n) is 7.34. The highest BCUT2D eigenvalue weighted by atomic mass is 79.9. The number of amides is 2. The Hall–Kier alpha value is -2.88. The highest BCUT2D eigenvalue weighted by Gasteiger charge is 2.34. The van der Waals surface area contributed by atoms with Crippen LogP contribution in [-0.4, -0.2) is 43.8 Å². The second-order valence-corrected chi connectivity index (χ2v) is 13.6. The van der Waals surface area contributed by atoms with Gasteiger partial charge in [-0.15, -0.1) is 0 Å². The smallest absolute Gasteiger partial charge is 0.264 e. The lowest BCUT2D eigenvalue weighted by Gasteiger charge is -2.33. The Labute approximate surface area is 256 Å². The quantitative estimate of drug-likeness (QED) is 0.255. The molecule has 4 rings (SSSR count). The molecule has 1 atom stereocenters. The van der Waals surface area contributed by atoms with Crippen molar-refractivity contribution in [3.63, 3.8) is 0 Å². The molecule has 0 aliphatic heterocycles. The molecule has 41 heavy (non-hydrogen) atoms. The number of sulfonamides is 1. The summed E-state index contributed by atoms with van der Waals surface area (Å²) in [5.74, 6) is -0.707. The predicted octanol–water partition coefficient (Wildman–Crippen LogP) is 6.47. The van der Waals surface area contributed by atoms with Gasteiger partial charge in [-0.3, -0.25) is 13.9 Å². The van der Waals surface area contributed by atoms with Crippen molar-refractivity contribution < 1.29 is 18.0 Å². The standard InChI is InChI=1S/C31H35BrClN3O4S/c1-3-29(31(38)34-26-8-4-5-9-26)35(20-23-13-15-25(33)16-14-23)30(37)21-36(27-10-6-7-24(32)19-27)41(39,40)28-17-11-22(2)12-18-28/h6-7,10-19,26,29H,3-5,8-9,20-21H2,1-2H3,(H,34,38)/t29-/m0/s1. The van der Waals surface area contributed by atoms with Gasteiger partial charge < -0.3 is 10.2 Å². The molecule has 3 aromatic rings. The maximum absolute atomic E-state index is 14.2. The first-order valence-corrected chi connectivity index (χ1v) is 16.4. The first-order chi connectivity index (χ1) is 19.6. The zero-order valence-corrected chi connectivity index (χ0v) is 26.4. The normalized spacial score (nSPS) is 14.4. The minimum absolute atomic E-state index is 0.0751. The van der Waals surface area contributed by atoms with Gasteiger partial charge in [0, 0.05) is 22.1 Å². The molecule has 1 aliphatic carbocycles. The third kappa shape index (κ3) is 7.90. The number of nitrogens with one attached hydrogen (secondary N) is 1. The summed E-state index contributed by atoms with van der Waals surface area (Å²) >= 11 is 9.51.